The van der Waals surface area contributed by atoms with Gasteiger partial charge in [-0.3, -0.25) is 4.79 Å². The number of thiophene rings is 1. The predicted molar refractivity (Wildman–Crippen MR) is 143 cm³/mol. The molecule has 180 valence electrons. The number of aryl methyl sites for hydroxylation is 1. The first-order valence-electron chi connectivity index (χ1n) is 11.5. The number of hydrogen-bond donors (Lipinski definition) is 2. The maximum Gasteiger partial charge on any atom is 0.325 e. The third kappa shape index (κ3) is 4.87. The molecular weight excluding hydrogens is 490 g/mol. The first-order chi connectivity index (χ1) is 17.4. The van der Waals surface area contributed by atoms with Gasteiger partial charge >= 0.3 is 6.03 Å². The van der Waals surface area contributed by atoms with Crippen molar-refractivity contribution in [1.29, 1.82) is 5.26 Å². The number of primary amides is 1. The summed E-state index contributed by atoms with van der Waals surface area (Å²) in [7, 11) is 0. The molecule has 2 aromatic heterocycles. The number of nitrogens with two attached hydrogens (primary N) is 1. The lowest BCUT2D eigenvalue weighted by Crippen LogP contribution is -2.32. The normalized spacial score (nSPS) is 12.7. The van der Waals surface area contributed by atoms with Gasteiger partial charge in [0.25, 0.3) is 5.91 Å². The lowest BCUT2D eigenvalue weighted by molar-refractivity contribution is 0.0955. The standard InChI is InChI=1S/C27H23N5O2S2/c1-16-7-8-19(18-9-10-18)13-21(16)32(26(29)34)27-31-23(22-12-11-20(14-28)35-22)24(36-27)25(33)30-15-17-5-3-2-4-6-17/h2-8,11-13,18H,9-10,15H2,1H3,(H2,29,34)(H,30,33). The summed E-state index contributed by atoms with van der Waals surface area (Å²) in [5, 5.41) is 12.6. The monoisotopic (exact) mass is 513 g/mol. The topological polar surface area (TPSA) is 112 Å². The molecule has 0 unspecified atom stereocenters. The van der Waals surface area contributed by atoms with E-state index >= 15 is 0 Å². The molecular formula is C27H23N5O2S2. The summed E-state index contributed by atoms with van der Waals surface area (Å²) in [6, 6.07) is 20.6. The molecule has 0 atom stereocenters. The van der Waals surface area contributed by atoms with Crippen molar-refractivity contribution in [2.45, 2.75) is 32.2 Å². The highest BCUT2D eigenvalue weighted by molar-refractivity contribution is 7.19. The van der Waals surface area contributed by atoms with Crippen LogP contribution < -0.4 is 16.0 Å². The van der Waals surface area contributed by atoms with Crippen molar-refractivity contribution in [3.8, 4) is 16.6 Å². The molecule has 36 heavy (non-hydrogen) atoms. The highest BCUT2D eigenvalue weighted by atomic mass is 32.1. The van der Waals surface area contributed by atoms with Crippen LogP contribution in [0, 0.1) is 18.3 Å². The van der Waals surface area contributed by atoms with E-state index in [4.69, 9.17) is 10.7 Å². The van der Waals surface area contributed by atoms with Crippen LogP contribution in [0.15, 0.2) is 60.7 Å². The Kier molecular flexibility index (Phi) is 6.55. The van der Waals surface area contributed by atoms with E-state index in [-0.39, 0.29) is 5.91 Å². The SMILES string of the molecule is Cc1ccc(C2CC2)cc1N(C(N)=O)c1nc(-c2ccc(C#N)s2)c(C(=O)NCc2ccccc2)s1. The molecule has 9 heteroatoms. The Morgan fingerprint density at radius 1 is 1.14 bits per heavy atom. The first-order valence-corrected chi connectivity index (χ1v) is 13.1. The molecule has 3 amide bonds. The van der Waals surface area contributed by atoms with Crippen molar-refractivity contribution in [1.82, 2.24) is 10.3 Å². The number of benzene rings is 2. The highest BCUT2D eigenvalue weighted by Crippen LogP contribution is 2.44. The molecule has 4 aromatic rings. The fraction of sp³-hybridized carbons (Fsp3) is 0.185. The van der Waals surface area contributed by atoms with Crippen molar-refractivity contribution in [3.05, 3.63) is 87.1 Å². The van der Waals surface area contributed by atoms with Gasteiger partial charge in [-0.05, 0) is 60.6 Å². The number of nitrogens with zero attached hydrogens (tertiary/aromatic N) is 3. The molecule has 7 nitrogen and oxygen atoms in total. The van der Waals surface area contributed by atoms with E-state index in [1.165, 1.54) is 16.2 Å². The van der Waals surface area contributed by atoms with Crippen LogP contribution in [0.25, 0.3) is 10.6 Å². The molecule has 2 heterocycles. The number of anilines is 2. The minimum absolute atomic E-state index is 0.308. The van der Waals surface area contributed by atoms with Crippen LogP contribution in [-0.4, -0.2) is 16.9 Å². The van der Waals surface area contributed by atoms with Crippen LogP contribution in [-0.2, 0) is 6.54 Å². The van der Waals surface area contributed by atoms with E-state index in [1.54, 1.807) is 12.1 Å². The van der Waals surface area contributed by atoms with E-state index in [1.807, 2.05) is 49.4 Å². The van der Waals surface area contributed by atoms with Gasteiger partial charge in [-0.15, -0.1) is 11.3 Å². The van der Waals surface area contributed by atoms with Gasteiger partial charge in [0.05, 0.1) is 10.6 Å². The van der Waals surface area contributed by atoms with Gasteiger partial charge in [0.1, 0.15) is 21.5 Å². The van der Waals surface area contributed by atoms with Gasteiger partial charge < -0.3 is 11.1 Å². The maximum atomic E-state index is 13.3. The lowest BCUT2D eigenvalue weighted by atomic mass is 10.1. The molecule has 1 saturated carbocycles. The predicted octanol–water partition coefficient (Wildman–Crippen LogP) is 6.08. The fourth-order valence-electron chi connectivity index (χ4n) is 3.96. The number of carbonyl (C=O) groups excluding carboxylic acids is 2. The zero-order valence-corrected chi connectivity index (χ0v) is 21.2. The van der Waals surface area contributed by atoms with E-state index in [9.17, 15) is 14.9 Å². The van der Waals surface area contributed by atoms with Crippen molar-refractivity contribution < 1.29 is 9.59 Å². The molecule has 2 aromatic carbocycles. The van der Waals surface area contributed by atoms with Crippen LogP contribution in [0.4, 0.5) is 15.6 Å². The minimum atomic E-state index is -0.675. The molecule has 0 saturated heterocycles. The number of urea groups is 1. The second kappa shape index (κ2) is 9.93. The quantitative estimate of drug-likeness (QED) is 0.312. The third-order valence-corrected chi connectivity index (χ3v) is 8.04. The number of rotatable bonds is 7. The Morgan fingerprint density at radius 2 is 1.92 bits per heavy atom. The average Bonchev–Trinajstić information content (AvgIpc) is 3.46. The zero-order chi connectivity index (χ0) is 25.2. The second-order valence-electron chi connectivity index (χ2n) is 8.61. The summed E-state index contributed by atoms with van der Waals surface area (Å²) in [5.74, 6) is 0.193. The summed E-state index contributed by atoms with van der Waals surface area (Å²) >= 11 is 2.36. The van der Waals surface area contributed by atoms with Gasteiger partial charge in [0.15, 0.2) is 5.13 Å². The highest BCUT2D eigenvalue weighted by Gasteiger charge is 2.29. The van der Waals surface area contributed by atoms with Crippen LogP contribution in [0.3, 0.4) is 0 Å². The van der Waals surface area contributed by atoms with E-state index < -0.39 is 6.03 Å². The molecule has 0 radical (unpaired) electrons. The molecule has 3 N–H and O–H groups in total. The van der Waals surface area contributed by atoms with Gasteiger partial charge in [-0.25, -0.2) is 14.7 Å². The fourth-order valence-corrected chi connectivity index (χ4v) is 5.84. The minimum Gasteiger partial charge on any atom is -0.351 e. The number of nitriles is 1. The first kappa shape index (κ1) is 23.7. The zero-order valence-electron chi connectivity index (χ0n) is 19.5. The Balaban J connectivity index is 1.55. The molecule has 0 aliphatic heterocycles. The summed E-state index contributed by atoms with van der Waals surface area (Å²) in [6.45, 7) is 2.27. The number of amides is 3. The van der Waals surface area contributed by atoms with Crippen molar-refractivity contribution in [2.24, 2.45) is 5.73 Å². The van der Waals surface area contributed by atoms with Crippen molar-refractivity contribution in [2.75, 3.05) is 4.90 Å². The van der Waals surface area contributed by atoms with Gasteiger partial charge in [0, 0.05) is 6.54 Å². The lowest BCUT2D eigenvalue weighted by Gasteiger charge is -2.20. The van der Waals surface area contributed by atoms with E-state index in [0.29, 0.717) is 43.6 Å². The van der Waals surface area contributed by atoms with Crippen LogP contribution in [0.2, 0.25) is 0 Å². The molecule has 0 bridgehead atoms. The largest absolute Gasteiger partial charge is 0.351 e. The molecule has 1 aliphatic rings. The second-order valence-corrected chi connectivity index (χ2v) is 10.7. The van der Waals surface area contributed by atoms with Crippen molar-refractivity contribution >= 4 is 45.4 Å². The van der Waals surface area contributed by atoms with Crippen molar-refractivity contribution in [3.63, 3.8) is 0 Å². The Morgan fingerprint density at radius 3 is 2.58 bits per heavy atom. The van der Waals surface area contributed by atoms with Gasteiger partial charge in [0.2, 0.25) is 0 Å². The molecule has 5 rings (SSSR count). The Hall–Kier alpha value is -4.00. The third-order valence-electron chi connectivity index (χ3n) is 6.00. The number of hydrogen-bond acceptors (Lipinski definition) is 6. The number of carbonyl (C=O) groups is 2. The number of thiazole rings is 1. The molecule has 1 aliphatic carbocycles. The molecule has 1 fully saturated rings. The number of aromatic nitrogens is 1. The summed E-state index contributed by atoms with van der Waals surface area (Å²) < 4.78 is 0. The van der Waals surface area contributed by atoms with E-state index in [0.717, 1.165) is 40.9 Å². The van der Waals surface area contributed by atoms with Crippen LogP contribution in [0.5, 0.6) is 0 Å². The Bertz CT molecular complexity index is 1480. The number of nitrogens with one attached hydrogen (secondary N) is 1. The molecule has 0 spiro atoms. The van der Waals surface area contributed by atoms with Gasteiger partial charge in [-0.2, -0.15) is 5.26 Å². The smallest absolute Gasteiger partial charge is 0.325 e. The van der Waals surface area contributed by atoms with Crippen LogP contribution >= 0.6 is 22.7 Å². The Labute approximate surface area is 216 Å². The average molecular weight is 514 g/mol. The van der Waals surface area contributed by atoms with Gasteiger partial charge in [-0.1, -0.05) is 53.8 Å². The summed E-state index contributed by atoms with van der Waals surface area (Å²) in [5.41, 5.74) is 9.95. The summed E-state index contributed by atoms with van der Waals surface area (Å²) in [4.78, 5) is 33.7. The maximum absolute atomic E-state index is 13.3. The van der Waals surface area contributed by atoms with E-state index in [2.05, 4.69) is 17.5 Å². The summed E-state index contributed by atoms with van der Waals surface area (Å²) in [6.07, 6.45) is 2.26. The van der Waals surface area contributed by atoms with Crippen LogP contribution in [0.1, 0.15) is 50.0 Å².